The first-order valence-electron chi connectivity index (χ1n) is 6.36. The Hall–Kier alpha value is -2.11. The predicted molar refractivity (Wildman–Crippen MR) is 68.5 cm³/mol. The normalized spacial score (nSPS) is 26.1. The topological polar surface area (TPSA) is 81.2 Å². The number of nitrogens with two attached hydrogens (primary N) is 1. The average molecular weight is 260 g/mol. The number of allylic oxidation sites excluding steroid dienone is 2. The van der Waals surface area contributed by atoms with Crippen LogP contribution < -0.4 is 5.73 Å². The third-order valence-electron chi connectivity index (χ3n) is 3.99. The molecule has 1 aromatic rings. The van der Waals surface area contributed by atoms with Crippen LogP contribution in [0.5, 0.6) is 0 Å². The van der Waals surface area contributed by atoms with Gasteiger partial charge in [0.1, 0.15) is 5.82 Å². The van der Waals surface area contributed by atoms with Crippen LogP contribution in [0.25, 0.3) is 0 Å². The number of carbonyl (C=O) groups excluding carboxylic acids is 2. The Labute approximate surface area is 110 Å². The number of fused-ring (bicyclic) bond motifs is 1. The zero-order valence-corrected chi connectivity index (χ0v) is 10.7. The lowest BCUT2D eigenvalue weighted by Crippen LogP contribution is -2.30. The fourth-order valence-electron chi connectivity index (χ4n) is 2.81. The predicted octanol–water partition coefficient (Wildman–Crippen LogP) is 0.453. The number of rotatable bonds is 2. The summed E-state index contributed by atoms with van der Waals surface area (Å²) >= 11 is 0. The van der Waals surface area contributed by atoms with Crippen molar-refractivity contribution in [1.82, 2.24) is 14.7 Å². The van der Waals surface area contributed by atoms with Gasteiger partial charge >= 0.3 is 0 Å². The van der Waals surface area contributed by atoms with E-state index in [0.717, 1.165) is 5.56 Å². The molecule has 1 aliphatic carbocycles. The van der Waals surface area contributed by atoms with Crippen molar-refractivity contribution in [2.75, 3.05) is 5.73 Å². The van der Waals surface area contributed by atoms with Crippen LogP contribution in [-0.4, -0.2) is 26.5 Å². The number of likely N-dealkylation sites (tertiary alicyclic amines) is 1. The van der Waals surface area contributed by atoms with Crippen molar-refractivity contribution in [3.63, 3.8) is 0 Å². The molecule has 0 radical (unpaired) electrons. The van der Waals surface area contributed by atoms with E-state index in [2.05, 4.69) is 5.10 Å². The molecular weight excluding hydrogens is 244 g/mol. The summed E-state index contributed by atoms with van der Waals surface area (Å²) in [6.07, 6.45) is 6.89. The number of aromatic nitrogens is 2. The molecule has 100 valence electrons. The molecule has 3 rings (SSSR count). The van der Waals surface area contributed by atoms with Crippen molar-refractivity contribution >= 4 is 17.6 Å². The minimum absolute atomic E-state index is 0.0809. The van der Waals surface area contributed by atoms with Crippen molar-refractivity contribution < 1.29 is 9.59 Å². The van der Waals surface area contributed by atoms with Crippen molar-refractivity contribution in [1.29, 1.82) is 0 Å². The SMILES string of the molecule is Cn1ncc(CN2C(=O)[C@H]3CC=CC[C@H]3C2=O)c1N. The molecule has 6 heteroatoms. The second-order valence-electron chi connectivity index (χ2n) is 5.10. The Morgan fingerprint density at radius 2 is 1.84 bits per heavy atom. The Balaban J connectivity index is 1.84. The second-order valence-corrected chi connectivity index (χ2v) is 5.10. The molecular formula is C13H16N4O2. The quantitative estimate of drug-likeness (QED) is 0.618. The van der Waals surface area contributed by atoms with Gasteiger partial charge in [0.05, 0.1) is 24.6 Å². The molecule has 2 atom stereocenters. The van der Waals surface area contributed by atoms with Crippen LogP contribution in [0.15, 0.2) is 18.3 Å². The van der Waals surface area contributed by atoms with E-state index in [1.807, 2.05) is 12.2 Å². The largest absolute Gasteiger partial charge is 0.384 e. The lowest BCUT2D eigenvalue weighted by atomic mass is 9.85. The highest BCUT2D eigenvalue weighted by molar-refractivity contribution is 6.05. The number of aryl methyl sites for hydroxylation is 1. The highest BCUT2D eigenvalue weighted by Gasteiger charge is 2.47. The standard InChI is InChI=1S/C13H16N4O2/c1-16-11(14)8(6-15-16)7-17-12(18)9-4-2-3-5-10(9)13(17)19/h2-3,6,9-10H,4-5,7,14H2,1H3/t9-,10+. The smallest absolute Gasteiger partial charge is 0.233 e. The molecule has 1 saturated heterocycles. The van der Waals surface area contributed by atoms with Crippen molar-refractivity contribution in [3.05, 3.63) is 23.9 Å². The molecule has 1 fully saturated rings. The van der Waals surface area contributed by atoms with Crippen LogP contribution >= 0.6 is 0 Å². The minimum atomic E-state index is -0.185. The maximum atomic E-state index is 12.3. The molecule has 2 heterocycles. The van der Waals surface area contributed by atoms with Crippen LogP contribution in [0, 0.1) is 11.8 Å². The molecule has 2 aliphatic rings. The molecule has 6 nitrogen and oxygen atoms in total. The van der Waals surface area contributed by atoms with Gasteiger partial charge in [-0.15, -0.1) is 0 Å². The summed E-state index contributed by atoms with van der Waals surface area (Å²) in [5, 5.41) is 4.03. The molecule has 0 unspecified atom stereocenters. The summed E-state index contributed by atoms with van der Waals surface area (Å²) in [4.78, 5) is 25.9. The zero-order chi connectivity index (χ0) is 13.6. The van der Waals surface area contributed by atoms with Gasteiger partial charge in [0, 0.05) is 12.6 Å². The summed E-state index contributed by atoms with van der Waals surface area (Å²) in [7, 11) is 1.73. The van der Waals surface area contributed by atoms with Crippen LogP contribution in [0.1, 0.15) is 18.4 Å². The lowest BCUT2D eigenvalue weighted by molar-refractivity contribution is -0.140. The van der Waals surface area contributed by atoms with Crippen molar-refractivity contribution in [2.45, 2.75) is 19.4 Å². The van der Waals surface area contributed by atoms with Gasteiger partial charge in [-0.25, -0.2) is 0 Å². The first kappa shape index (κ1) is 12.0. The van der Waals surface area contributed by atoms with Crippen LogP contribution in [-0.2, 0) is 23.2 Å². The van der Waals surface area contributed by atoms with E-state index in [4.69, 9.17) is 5.73 Å². The summed E-state index contributed by atoms with van der Waals surface area (Å²) in [6.45, 7) is 0.227. The van der Waals surface area contributed by atoms with E-state index in [0.29, 0.717) is 18.7 Å². The van der Waals surface area contributed by atoms with E-state index in [-0.39, 0.29) is 30.2 Å². The third-order valence-corrected chi connectivity index (χ3v) is 3.99. The Bertz CT molecular complexity index is 549. The van der Waals surface area contributed by atoms with E-state index in [9.17, 15) is 9.59 Å². The van der Waals surface area contributed by atoms with Gasteiger partial charge in [-0.1, -0.05) is 12.2 Å². The van der Waals surface area contributed by atoms with Crippen LogP contribution in [0.4, 0.5) is 5.82 Å². The highest BCUT2D eigenvalue weighted by atomic mass is 16.2. The number of carbonyl (C=O) groups is 2. The van der Waals surface area contributed by atoms with Gasteiger partial charge in [0.25, 0.3) is 0 Å². The zero-order valence-electron chi connectivity index (χ0n) is 10.7. The molecule has 19 heavy (non-hydrogen) atoms. The van der Waals surface area contributed by atoms with Gasteiger partial charge in [-0.2, -0.15) is 5.10 Å². The van der Waals surface area contributed by atoms with Gasteiger partial charge in [-0.05, 0) is 12.8 Å². The molecule has 0 spiro atoms. The first-order chi connectivity index (χ1) is 9.09. The molecule has 0 bridgehead atoms. The number of imide groups is 1. The second kappa shape index (κ2) is 4.22. The van der Waals surface area contributed by atoms with Crippen LogP contribution in [0.3, 0.4) is 0 Å². The number of nitrogen functional groups attached to an aromatic ring is 1. The number of amides is 2. The highest BCUT2D eigenvalue weighted by Crippen LogP contribution is 2.36. The summed E-state index contributed by atoms with van der Waals surface area (Å²) in [5.74, 6) is -0.0374. The maximum Gasteiger partial charge on any atom is 0.233 e. The van der Waals surface area contributed by atoms with Crippen LogP contribution in [0.2, 0.25) is 0 Å². The van der Waals surface area contributed by atoms with Gasteiger partial charge in [0.15, 0.2) is 0 Å². The lowest BCUT2D eigenvalue weighted by Gasteiger charge is -2.14. The summed E-state index contributed by atoms with van der Waals surface area (Å²) in [6, 6.07) is 0. The Morgan fingerprint density at radius 1 is 1.26 bits per heavy atom. The molecule has 0 aromatic carbocycles. The maximum absolute atomic E-state index is 12.3. The number of anilines is 1. The molecule has 1 aromatic heterocycles. The molecule has 1 aliphatic heterocycles. The molecule has 2 N–H and O–H groups in total. The average Bonchev–Trinajstić information content (AvgIpc) is 2.86. The first-order valence-corrected chi connectivity index (χ1v) is 6.36. The van der Waals surface area contributed by atoms with E-state index >= 15 is 0 Å². The monoisotopic (exact) mass is 260 g/mol. The minimum Gasteiger partial charge on any atom is -0.384 e. The van der Waals surface area contributed by atoms with Gasteiger partial charge < -0.3 is 5.73 Å². The van der Waals surface area contributed by atoms with Crippen molar-refractivity contribution in [2.24, 2.45) is 18.9 Å². The number of hydrogen-bond acceptors (Lipinski definition) is 4. The third kappa shape index (κ3) is 1.75. The molecule has 0 saturated carbocycles. The van der Waals surface area contributed by atoms with Gasteiger partial charge in [-0.3, -0.25) is 19.2 Å². The number of nitrogens with zero attached hydrogens (tertiary/aromatic N) is 3. The number of hydrogen-bond donors (Lipinski definition) is 1. The van der Waals surface area contributed by atoms with Gasteiger partial charge in [0.2, 0.25) is 11.8 Å². The van der Waals surface area contributed by atoms with E-state index in [1.165, 1.54) is 9.58 Å². The Morgan fingerprint density at radius 3 is 2.32 bits per heavy atom. The van der Waals surface area contributed by atoms with Crippen molar-refractivity contribution in [3.8, 4) is 0 Å². The summed E-state index contributed by atoms with van der Waals surface area (Å²) in [5.41, 5.74) is 6.58. The van der Waals surface area contributed by atoms with E-state index < -0.39 is 0 Å². The molecule has 2 amide bonds. The fraction of sp³-hybridized carbons (Fsp3) is 0.462. The Kier molecular flexibility index (Phi) is 2.66. The van der Waals surface area contributed by atoms with E-state index in [1.54, 1.807) is 13.2 Å². The summed E-state index contributed by atoms with van der Waals surface area (Å²) < 4.78 is 1.54. The fourth-order valence-corrected chi connectivity index (χ4v) is 2.81.